The lowest BCUT2D eigenvalue weighted by Crippen LogP contribution is -2.14. The van der Waals surface area contributed by atoms with Crippen LogP contribution in [0, 0.1) is 6.92 Å². The van der Waals surface area contributed by atoms with Gasteiger partial charge in [-0.15, -0.1) is 10.2 Å². The van der Waals surface area contributed by atoms with Crippen molar-refractivity contribution in [1.82, 2.24) is 29.3 Å². The second-order valence-electron chi connectivity index (χ2n) is 7.56. The highest BCUT2D eigenvalue weighted by atomic mass is 16.4. The summed E-state index contributed by atoms with van der Waals surface area (Å²) >= 11 is 0. The number of rotatable bonds is 6. The number of pyridine rings is 1. The molecule has 32 heavy (non-hydrogen) atoms. The zero-order valence-corrected chi connectivity index (χ0v) is 17.1. The molecule has 4 aromatic rings. The molecule has 0 atom stereocenters. The van der Waals surface area contributed by atoms with Crippen LogP contribution in [0.25, 0.3) is 17.2 Å². The minimum atomic E-state index is -1.10. The van der Waals surface area contributed by atoms with E-state index in [2.05, 4.69) is 25.5 Å². The summed E-state index contributed by atoms with van der Waals surface area (Å²) in [5.74, 6) is -0.361. The van der Waals surface area contributed by atoms with E-state index in [0.717, 1.165) is 12.8 Å². The molecule has 2 N–H and O–H groups in total. The van der Waals surface area contributed by atoms with E-state index in [9.17, 15) is 14.7 Å². The maximum atomic E-state index is 12.9. The average Bonchev–Trinajstić information content (AvgIpc) is 3.38. The molecular formula is C22H19N7O3. The Bertz CT molecular complexity index is 1340. The maximum Gasteiger partial charge on any atom is 0.356 e. The second kappa shape index (κ2) is 7.73. The molecule has 0 bridgehead atoms. The van der Waals surface area contributed by atoms with Crippen LogP contribution in [0.4, 0.5) is 5.82 Å². The minimum Gasteiger partial charge on any atom is -0.476 e. The van der Waals surface area contributed by atoms with Crippen LogP contribution in [0.3, 0.4) is 0 Å². The summed E-state index contributed by atoms with van der Waals surface area (Å²) < 4.78 is 3.64. The Morgan fingerprint density at radius 3 is 2.69 bits per heavy atom. The van der Waals surface area contributed by atoms with E-state index in [1.807, 2.05) is 16.7 Å². The summed E-state index contributed by atoms with van der Waals surface area (Å²) in [4.78, 5) is 32.6. The van der Waals surface area contributed by atoms with Crippen molar-refractivity contribution in [2.45, 2.75) is 25.8 Å². The molecule has 160 valence electrons. The fraction of sp³-hybridized carbons (Fsp3) is 0.182. The number of benzene rings is 1. The summed E-state index contributed by atoms with van der Waals surface area (Å²) in [6.07, 6.45) is 5.33. The van der Waals surface area contributed by atoms with Gasteiger partial charge in [-0.2, -0.15) is 0 Å². The quantitative estimate of drug-likeness (QED) is 0.482. The molecule has 1 fully saturated rings. The molecule has 0 radical (unpaired) electrons. The van der Waals surface area contributed by atoms with Gasteiger partial charge in [0.15, 0.2) is 11.5 Å². The molecule has 3 heterocycles. The van der Waals surface area contributed by atoms with Gasteiger partial charge < -0.3 is 19.6 Å². The Kier molecular flexibility index (Phi) is 4.74. The van der Waals surface area contributed by atoms with Gasteiger partial charge in [0, 0.05) is 17.3 Å². The zero-order chi connectivity index (χ0) is 22.2. The number of carbonyl (C=O) groups excluding carboxylic acids is 1. The van der Waals surface area contributed by atoms with Crippen LogP contribution in [0.2, 0.25) is 0 Å². The number of carboxylic acids is 1. The van der Waals surface area contributed by atoms with Crippen LogP contribution in [0.15, 0.2) is 55.1 Å². The summed E-state index contributed by atoms with van der Waals surface area (Å²) in [5, 5.41) is 20.2. The van der Waals surface area contributed by atoms with Crippen LogP contribution < -0.4 is 5.32 Å². The zero-order valence-electron chi connectivity index (χ0n) is 17.1. The third-order valence-corrected chi connectivity index (χ3v) is 5.33. The number of amides is 1. The number of aromatic carboxylic acids is 1. The standard InChI is InChI=1S/C22H19N7O3/c1-13-19(22(31)32)23-11-28(13)16-5-2-4-14(10-16)21(30)26-18-7-3-6-17(25-18)20-27-24-12-29(20)15-8-9-15/h2-7,10-12,15H,8-9H2,1H3,(H,31,32)(H,25,26,30). The van der Waals surface area contributed by atoms with Gasteiger partial charge in [-0.05, 0) is 50.1 Å². The van der Waals surface area contributed by atoms with Crippen molar-refractivity contribution in [2.75, 3.05) is 5.32 Å². The number of anilines is 1. The Hall–Kier alpha value is -4.34. The van der Waals surface area contributed by atoms with Crippen LogP contribution >= 0.6 is 0 Å². The first-order valence-electron chi connectivity index (χ1n) is 10.1. The van der Waals surface area contributed by atoms with Gasteiger partial charge in [0.25, 0.3) is 5.91 Å². The molecule has 10 heteroatoms. The molecule has 1 amide bonds. The van der Waals surface area contributed by atoms with Gasteiger partial charge in [0.2, 0.25) is 0 Å². The van der Waals surface area contributed by atoms with Crippen molar-refractivity contribution >= 4 is 17.7 Å². The van der Waals surface area contributed by atoms with Gasteiger partial charge >= 0.3 is 5.97 Å². The Morgan fingerprint density at radius 1 is 1.12 bits per heavy atom. The van der Waals surface area contributed by atoms with E-state index in [1.165, 1.54) is 6.33 Å². The van der Waals surface area contributed by atoms with E-state index in [4.69, 9.17) is 0 Å². The number of nitrogens with one attached hydrogen (secondary N) is 1. The molecule has 1 aliphatic rings. The largest absolute Gasteiger partial charge is 0.476 e. The van der Waals surface area contributed by atoms with Crippen LogP contribution in [0.5, 0.6) is 0 Å². The first-order chi connectivity index (χ1) is 15.5. The van der Waals surface area contributed by atoms with Gasteiger partial charge in [-0.1, -0.05) is 12.1 Å². The monoisotopic (exact) mass is 429 g/mol. The molecule has 5 rings (SSSR count). The van der Waals surface area contributed by atoms with Crippen molar-refractivity contribution in [2.24, 2.45) is 0 Å². The van der Waals surface area contributed by atoms with Gasteiger partial charge in [0.05, 0.1) is 5.69 Å². The number of carbonyl (C=O) groups is 2. The highest BCUT2D eigenvalue weighted by molar-refractivity contribution is 6.04. The third kappa shape index (κ3) is 3.62. The number of hydrogen-bond acceptors (Lipinski definition) is 6. The van der Waals surface area contributed by atoms with Gasteiger partial charge in [0.1, 0.15) is 24.2 Å². The topological polar surface area (TPSA) is 128 Å². The second-order valence-corrected chi connectivity index (χ2v) is 7.56. The van der Waals surface area contributed by atoms with Crippen LogP contribution in [-0.2, 0) is 0 Å². The third-order valence-electron chi connectivity index (χ3n) is 5.33. The fourth-order valence-electron chi connectivity index (χ4n) is 3.54. The summed E-state index contributed by atoms with van der Waals surface area (Å²) in [5.41, 5.74) is 2.12. The summed E-state index contributed by atoms with van der Waals surface area (Å²) in [6.45, 7) is 1.67. The minimum absolute atomic E-state index is 0.0279. The first-order valence-corrected chi connectivity index (χ1v) is 10.1. The molecule has 1 saturated carbocycles. The lowest BCUT2D eigenvalue weighted by Gasteiger charge is -2.10. The highest BCUT2D eigenvalue weighted by Crippen LogP contribution is 2.37. The van der Waals surface area contributed by atoms with Crippen molar-refractivity contribution in [3.63, 3.8) is 0 Å². The normalized spacial score (nSPS) is 13.2. The lowest BCUT2D eigenvalue weighted by atomic mass is 10.2. The molecule has 0 aliphatic heterocycles. The maximum absolute atomic E-state index is 12.9. The molecule has 3 aromatic heterocycles. The SMILES string of the molecule is Cc1c(C(=O)O)ncn1-c1cccc(C(=O)Nc2cccc(-c3nncn3C3CC3)n2)c1. The van der Waals surface area contributed by atoms with E-state index in [0.29, 0.717) is 40.3 Å². The van der Waals surface area contributed by atoms with E-state index in [-0.39, 0.29) is 11.6 Å². The molecular weight excluding hydrogens is 410 g/mol. The molecule has 0 spiro atoms. The van der Waals surface area contributed by atoms with Crippen molar-refractivity contribution in [1.29, 1.82) is 0 Å². The van der Waals surface area contributed by atoms with Crippen LogP contribution in [0.1, 0.15) is 45.4 Å². The highest BCUT2D eigenvalue weighted by Gasteiger charge is 2.27. The van der Waals surface area contributed by atoms with Crippen molar-refractivity contribution < 1.29 is 14.7 Å². The molecule has 10 nitrogen and oxygen atoms in total. The van der Waals surface area contributed by atoms with Crippen LogP contribution in [-0.4, -0.2) is 46.3 Å². The lowest BCUT2D eigenvalue weighted by molar-refractivity contribution is 0.0690. The molecule has 0 unspecified atom stereocenters. The predicted octanol–water partition coefficient (Wildman–Crippen LogP) is 3.12. The number of imidazole rings is 1. The Morgan fingerprint density at radius 2 is 1.94 bits per heavy atom. The van der Waals surface area contributed by atoms with Crippen molar-refractivity contribution in [3.8, 4) is 17.2 Å². The number of carboxylic acid groups (broad SMARTS) is 1. The number of hydrogen-bond donors (Lipinski definition) is 2. The summed E-state index contributed by atoms with van der Waals surface area (Å²) in [6, 6.07) is 12.6. The summed E-state index contributed by atoms with van der Waals surface area (Å²) in [7, 11) is 0. The predicted molar refractivity (Wildman–Crippen MR) is 115 cm³/mol. The van der Waals surface area contributed by atoms with E-state index < -0.39 is 5.97 Å². The molecule has 1 aliphatic carbocycles. The smallest absolute Gasteiger partial charge is 0.356 e. The number of aromatic nitrogens is 6. The number of nitrogens with zero attached hydrogens (tertiary/aromatic N) is 6. The fourth-order valence-corrected chi connectivity index (χ4v) is 3.54. The van der Waals surface area contributed by atoms with Gasteiger partial charge in [-0.25, -0.2) is 14.8 Å². The van der Waals surface area contributed by atoms with Crippen molar-refractivity contribution in [3.05, 3.63) is 72.1 Å². The Labute approximate surface area is 182 Å². The Balaban J connectivity index is 1.39. The van der Waals surface area contributed by atoms with E-state index >= 15 is 0 Å². The molecule has 0 saturated heterocycles. The average molecular weight is 429 g/mol. The first kappa shape index (κ1) is 19.6. The van der Waals surface area contributed by atoms with Gasteiger partial charge in [-0.3, -0.25) is 4.79 Å². The van der Waals surface area contributed by atoms with E-state index in [1.54, 1.807) is 48.1 Å². The molecule has 1 aromatic carbocycles.